The Kier molecular flexibility index (Phi) is 8.11. The Morgan fingerprint density at radius 2 is 1.73 bits per heavy atom. The summed E-state index contributed by atoms with van der Waals surface area (Å²) in [7, 11) is -7.25. The van der Waals surface area contributed by atoms with E-state index in [4.69, 9.17) is 12.6 Å². The molecule has 1 atom stereocenters. The van der Waals surface area contributed by atoms with Crippen molar-refractivity contribution in [1.29, 1.82) is 0 Å². The fourth-order valence-corrected chi connectivity index (χ4v) is 3.87. The van der Waals surface area contributed by atoms with Gasteiger partial charge in [-0.15, -0.1) is 12.6 Å². The van der Waals surface area contributed by atoms with E-state index in [-0.39, 0.29) is 11.2 Å². The molecule has 0 saturated carbocycles. The van der Waals surface area contributed by atoms with Crippen LogP contribution in [0.15, 0.2) is 24.3 Å². The van der Waals surface area contributed by atoms with Gasteiger partial charge in [0.15, 0.2) is 5.71 Å². The van der Waals surface area contributed by atoms with Crippen molar-refractivity contribution in [3.8, 4) is 0 Å². The Hall–Kier alpha value is -1.58. The molecule has 1 aromatic rings. The van der Waals surface area contributed by atoms with Crippen LogP contribution in [0, 0.1) is 0 Å². The van der Waals surface area contributed by atoms with Gasteiger partial charge >= 0.3 is 10.6 Å². The lowest BCUT2D eigenvalue weighted by Crippen LogP contribution is -2.30. The van der Waals surface area contributed by atoms with E-state index in [1.54, 1.807) is 0 Å². The van der Waals surface area contributed by atoms with E-state index in [1.807, 2.05) is 6.07 Å². The van der Waals surface area contributed by atoms with Crippen LogP contribution < -0.4 is 0 Å². The Morgan fingerprint density at radius 1 is 1.15 bits per heavy atom. The summed E-state index contributed by atoms with van der Waals surface area (Å²) in [4.78, 5) is 0. The summed E-state index contributed by atoms with van der Waals surface area (Å²) >= 11 is 0. The van der Waals surface area contributed by atoms with Crippen LogP contribution in [-0.2, 0) is 26.1 Å². The van der Waals surface area contributed by atoms with Gasteiger partial charge in [0.05, 0.1) is 15.5 Å². The number of fused-ring (bicyclic) bond motifs is 1. The summed E-state index contributed by atoms with van der Waals surface area (Å²) in [5.74, 6) is -0.301. The first-order valence-corrected chi connectivity index (χ1v) is 11.0. The summed E-state index contributed by atoms with van der Waals surface area (Å²) in [5, 5.41) is 0. The second-order valence-electron chi connectivity index (χ2n) is 6.51. The molecule has 146 valence electrons. The minimum Gasteiger partial charge on any atom is -0.748 e. The fourth-order valence-electron chi connectivity index (χ4n) is 3.38. The molecule has 1 heterocycles. The number of unbranched alkanes of at least 4 members (excludes halogenated alkanes) is 1. The first kappa shape index (κ1) is 22.5. The highest BCUT2D eigenvalue weighted by atomic mass is 32.2. The highest BCUT2D eigenvalue weighted by Crippen LogP contribution is 2.42. The van der Waals surface area contributed by atoms with Gasteiger partial charge in [-0.1, -0.05) is 38.0 Å². The SMILES string of the molecule is CCCCC1(C)C(C)=[N+](CCCS(=O)(=O)[O-])c2ccccc21.O=S(=O)=O. The van der Waals surface area contributed by atoms with Crippen molar-refractivity contribution in [3.63, 3.8) is 0 Å². The molecule has 1 aliphatic heterocycles. The highest BCUT2D eigenvalue weighted by Gasteiger charge is 2.45. The molecule has 0 fully saturated rings. The van der Waals surface area contributed by atoms with Crippen LogP contribution >= 0.6 is 0 Å². The summed E-state index contributed by atoms with van der Waals surface area (Å²) < 4.78 is 60.0. The summed E-state index contributed by atoms with van der Waals surface area (Å²) in [5.41, 5.74) is 3.72. The van der Waals surface area contributed by atoms with Crippen molar-refractivity contribution < 1.29 is 30.2 Å². The zero-order valence-electron chi connectivity index (χ0n) is 15.3. The number of para-hydroxylation sites is 1. The van der Waals surface area contributed by atoms with Crippen molar-refractivity contribution in [2.45, 2.75) is 51.9 Å². The van der Waals surface area contributed by atoms with Crippen LogP contribution in [0.3, 0.4) is 0 Å². The van der Waals surface area contributed by atoms with Gasteiger partial charge in [0.25, 0.3) is 0 Å². The van der Waals surface area contributed by atoms with Gasteiger partial charge in [0, 0.05) is 30.7 Å². The predicted octanol–water partition coefficient (Wildman–Crippen LogP) is 2.18. The van der Waals surface area contributed by atoms with Gasteiger partial charge < -0.3 is 4.55 Å². The smallest absolute Gasteiger partial charge is 0.425 e. The molecule has 0 aromatic heterocycles. The Labute approximate surface area is 156 Å². The van der Waals surface area contributed by atoms with E-state index in [0.717, 1.165) is 24.9 Å². The molecule has 1 aliphatic rings. The summed E-state index contributed by atoms with van der Waals surface area (Å²) in [6, 6.07) is 8.32. The van der Waals surface area contributed by atoms with E-state index < -0.39 is 20.7 Å². The lowest BCUT2D eigenvalue weighted by Gasteiger charge is -2.21. The monoisotopic (exact) mass is 403 g/mol. The minimum atomic E-state index is -4.14. The van der Waals surface area contributed by atoms with Crippen LogP contribution in [0.5, 0.6) is 0 Å². The van der Waals surface area contributed by atoms with Crippen LogP contribution in [-0.4, -0.2) is 48.2 Å². The predicted molar refractivity (Wildman–Crippen MR) is 97.7 cm³/mol. The van der Waals surface area contributed by atoms with Crippen molar-refractivity contribution >= 4 is 32.1 Å². The normalized spacial score (nSPS) is 18.9. The third-order valence-electron chi connectivity index (χ3n) is 4.80. The van der Waals surface area contributed by atoms with Gasteiger partial charge in [-0.3, -0.25) is 0 Å². The lowest BCUT2D eigenvalue weighted by molar-refractivity contribution is -0.438. The van der Waals surface area contributed by atoms with Crippen molar-refractivity contribution in [3.05, 3.63) is 29.8 Å². The second kappa shape index (κ2) is 9.38. The molecule has 1 aromatic carbocycles. The summed E-state index contributed by atoms with van der Waals surface area (Å²) in [6.07, 6.45) is 3.76. The molecule has 0 aliphatic carbocycles. The van der Waals surface area contributed by atoms with Crippen LogP contribution in [0.2, 0.25) is 0 Å². The first-order valence-electron chi connectivity index (χ1n) is 8.44. The number of nitrogens with zero attached hydrogens (tertiary/aromatic N) is 1. The average Bonchev–Trinajstić information content (AvgIpc) is 2.74. The van der Waals surface area contributed by atoms with Crippen molar-refractivity contribution in [1.82, 2.24) is 0 Å². The first-order chi connectivity index (χ1) is 12.0. The summed E-state index contributed by atoms with van der Waals surface area (Å²) in [6.45, 7) is 7.16. The zero-order chi connectivity index (χ0) is 20.0. The van der Waals surface area contributed by atoms with Gasteiger partial charge in [-0.25, -0.2) is 8.42 Å². The van der Waals surface area contributed by atoms with Crippen LogP contribution in [0.1, 0.15) is 52.0 Å². The molecule has 2 rings (SSSR count). The van der Waals surface area contributed by atoms with Gasteiger partial charge in [0.2, 0.25) is 5.69 Å². The number of rotatable bonds is 7. The molecular formula is C17H25NO6S2. The molecule has 0 radical (unpaired) electrons. The third kappa shape index (κ3) is 6.00. The molecule has 0 N–H and O–H groups in total. The molecule has 0 spiro atoms. The quantitative estimate of drug-likeness (QED) is 0.509. The second-order valence-corrected chi connectivity index (χ2v) is 8.44. The lowest BCUT2D eigenvalue weighted by atomic mass is 9.76. The maximum Gasteiger partial charge on any atom is 0.425 e. The third-order valence-corrected chi connectivity index (χ3v) is 5.59. The highest BCUT2D eigenvalue weighted by molar-refractivity contribution is 7.85. The average molecular weight is 404 g/mol. The topological polar surface area (TPSA) is 111 Å². The van der Waals surface area contributed by atoms with Crippen molar-refractivity contribution in [2.24, 2.45) is 0 Å². The molecule has 0 bridgehead atoms. The molecule has 9 heteroatoms. The van der Waals surface area contributed by atoms with Crippen LogP contribution in [0.4, 0.5) is 5.69 Å². The molecule has 0 saturated heterocycles. The van der Waals surface area contributed by atoms with E-state index in [9.17, 15) is 13.0 Å². The van der Waals surface area contributed by atoms with Gasteiger partial charge in [0.1, 0.15) is 6.54 Å². The Bertz CT molecular complexity index is 868. The van der Waals surface area contributed by atoms with Crippen molar-refractivity contribution in [2.75, 3.05) is 12.3 Å². The molecule has 1 unspecified atom stereocenters. The maximum absolute atomic E-state index is 10.8. The van der Waals surface area contributed by atoms with E-state index in [0.29, 0.717) is 13.0 Å². The molecule has 7 nitrogen and oxygen atoms in total. The van der Waals surface area contributed by atoms with E-state index >= 15 is 0 Å². The van der Waals surface area contributed by atoms with E-state index in [2.05, 4.69) is 43.5 Å². The molecule has 0 amide bonds. The molecular weight excluding hydrogens is 378 g/mol. The Morgan fingerprint density at radius 3 is 2.27 bits per heavy atom. The van der Waals surface area contributed by atoms with Gasteiger partial charge in [-0.05, 0) is 13.3 Å². The standard InChI is InChI=1S/C17H25NO3S.O3S/c1-4-5-11-17(3)14(2)18(12-8-13-22(19,20)21)16-10-7-6-9-15(16)17;1-4(2)3/h6-7,9-10H,4-5,8,11-13H2,1-3H3;. The Balaban J connectivity index is 0.000000765. The number of hydrogen-bond donors (Lipinski definition) is 0. The molecule has 26 heavy (non-hydrogen) atoms. The largest absolute Gasteiger partial charge is 0.748 e. The maximum atomic E-state index is 10.8. The van der Waals surface area contributed by atoms with Crippen LogP contribution in [0.25, 0.3) is 0 Å². The van der Waals surface area contributed by atoms with E-state index in [1.165, 1.54) is 11.3 Å². The fraction of sp³-hybridized carbons (Fsp3) is 0.588. The number of benzene rings is 1. The number of hydrogen-bond acceptors (Lipinski definition) is 6. The minimum absolute atomic E-state index is 0.00292. The zero-order valence-corrected chi connectivity index (χ0v) is 16.9. The van der Waals surface area contributed by atoms with Gasteiger partial charge in [-0.2, -0.15) is 4.58 Å².